The van der Waals surface area contributed by atoms with Crippen molar-refractivity contribution >= 4 is 56.4 Å². The van der Waals surface area contributed by atoms with Gasteiger partial charge in [-0.25, -0.2) is 4.39 Å². The number of hydrogen-bond donors (Lipinski definition) is 2. The monoisotopic (exact) mass is 480 g/mol. The molecule has 0 saturated carbocycles. The summed E-state index contributed by atoms with van der Waals surface area (Å²) in [4.78, 5) is 48.1. The summed E-state index contributed by atoms with van der Waals surface area (Å²) in [5, 5.41) is 10.3. The fourth-order valence-corrected chi connectivity index (χ4v) is 4.02. The molecule has 2 aromatic rings. The van der Waals surface area contributed by atoms with Gasteiger partial charge in [-0.3, -0.25) is 29.4 Å². The molecule has 3 rings (SSSR count). The minimum Gasteiger partial charge on any atom is -0.480 e. The summed E-state index contributed by atoms with van der Waals surface area (Å²) < 4.78 is 14.8. The zero-order valence-corrected chi connectivity index (χ0v) is 17.1. The summed E-state index contributed by atoms with van der Waals surface area (Å²) in [6, 6.07) is 10.2. The number of carboxylic acids is 1. The number of nitrogens with one attached hydrogen (secondary N) is 1. The van der Waals surface area contributed by atoms with E-state index in [9.17, 15) is 28.7 Å². The topological polar surface area (TPSA) is 104 Å². The molecule has 1 aliphatic heterocycles. The van der Waals surface area contributed by atoms with Crippen LogP contribution in [0.1, 0.15) is 15.9 Å². The molecule has 1 unspecified atom stereocenters. The molecule has 0 radical (unpaired) electrons. The maximum Gasteiger partial charge on any atom is 0.323 e. The number of amides is 3. The number of nitrogens with zero attached hydrogens (tertiary/aromatic N) is 1. The molecule has 1 fully saturated rings. The normalized spacial score (nSPS) is 15.9. The lowest BCUT2D eigenvalue weighted by atomic mass is 10.0. The van der Waals surface area contributed by atoms with Gasteiger partial charge in [-0.05, 0) is 42.3 Å². The van der Waals surface area contributed by atoms with Crippen molar-refractivity contribution < 1.29 is 28.7 Å². The first-order valence-corrected chi connectivity index (χ1v) is 10.0. The van der Waals surface area contributed by atoms with Gasteiger partial charge >= 0.3 is 5.97 Å². The maximum absolute atomic E-state index is 14.4. The Hall–Kier alpha value is -2.72. The van der Waals surface area contributed by atoms with Crippen LogP contribution in [0.15, 0.2) is 46.9 Å². The summed E-state index contributed by atoms with van der Waals surface area (Å²) in [6.45, 7) is -0.725. The number of thioether (sulfide) groups is 1. The van der Waals surface area contributed by atoms with E-state index in [2.05, 4.69) is 21.2 Å². The van der Waals surface area contributed by atoms with Crippen LogP contribution in [0, 0.1) is 5.82 Å². The highest BCUT2D eigenvalue weighted by atomic mass is 79.9. The molecule has 1 heterocycles. The third kappa shape index (κ3) is 5.01. The first-order valence-electron chi connectivity index (χ1n) is 8.33. The molecule has 7 nitrogen and oxygen atoms in total. The number of rotatable bonds is 6. The van der Waals surface area contributed by atoms with E-state index in [1.807, 2.05) is 0 Å². The van der Waals surface area contributed by atoms with Gasteiger partial charge in [0.05, 0.1) is 10.9 Å². The lowest BCUT2D eigenvalue weighted by molar-refractivity contribution is -0.135. The van der Waals surface area contributed by atoms with Crippen molar-refractivity contribution in [3.05, 3.63) is 63.9 Å². The van der Waals surface area contributed by atoms with E-state index in [4.69, 9.17) is 0 Å². The first kappa shape index (κ1) is 21.0. The summed E-state index contributed by atoms with van der Waals surface area (Å²) in [6.07, 6.45) is 0.217. The first-order chi connectivity index (χ1) is 13.7. The van der Waals surface area contributed by atoms with E-state index < -0.39 is 40.6 Å². The van der Waals surface area contributed by atoms with Crippen molar-refractivity contribution in [1.29, 1.82) is 0 Å². The van der Waals surface area contributed by atoms with E-state index in [1.54, 1.807) is 12.1 Å². The van der Waals surface area contributed by atoms with Crippen LogP contribution in [0.4, 0.5) is 14.9 Å². The molecule has 0 spiro atoms. The Balaban J connectivity index is 1.88. The van der Waals surface area contributed by atoms with E-state index in [1.165, 1.54) is 24.3 Å². The minimum absolute atomic E-state index is 0.140. The third-order valence-corrected chi connectivity index (χ3v) is 5.58. The van der Waals surface area contributed by atoms with Gasteiger partial charge < -0.3 is 5.11 Å². The zero-order chi connectivity index (χ0) is 21.1. The number of carbonyl (C=O) groups excluding carboxylic acids is 3. The molecule has 10 heteroatoms. The van der Waals surface area contributed by atoms with Crippen molar-refractivity contribution in [1.82, 2.24) is 5.32 Å². The van der Waals surface area contributed by atoms with E-state index >= 15 is 0 Å². The number of imide groups is 1. The predicted octanol–water partition coefficient (Wildman–Crippen LogP) is 3.21. The highest BCUT2D eigenvalue weighted by Crippen LogP contribution is 2.26. The quantitative estimate of drug-likeness (QED) is 0.657. The molecule has 1 saturated heterocycles. The number of anilines is 1. The van der Waals surface area contributed by atoms with Crippen LogP contribution >= 0.6 is 27.7 Å². The average molecular weight is 481 g/mol. The Labute approximate surface area is 177 Å². The molecule has 150 valence electrons. The molecular weight excluding hydrogens is 467 g/mol. The van der Waals surface area contributed by atoms with Crippen molar-refractivity contribution in [2.45, 2.75) is 11.7 Å². The molecule has 1 atom stereocenters. The van der Waals surface area contributed by atoms with Gasteiger partial charge in [0, 0.05) is 10.0 Å². The molecule has 0 bridgehead atoms. The second-order valence-electron chi connectivity index (χ2n) is 6.17. The lowest BCUT2D eigenvalue weighted by Crippen LogP contribution is -2.36. The van der Waals surface area contributed by atoms with Crippen LogP contribution < -0.4 is 10.2 Å². The number of hydrogen-bond acceptors (Lipinski definition) is 5. The molecule has 0 aliphatic carbocycles. The highest BCUT2D eigenvalue weighted by molar-refractivity contribution is 9.10. The number of aliphatic carboxylic acids is 1. The van der Waals surface area contributed by atoms with Crippen molar-refractivity contribution in [2.24, 2.45) is 0 Å². The molecule has 29 heavy (non-hydrogen) atoms. The van der Waals surface area contributed by atoms with Crippen LogP contribution in [0.2, 0.25) is 0 Å². The van der Waals surface area contributed by atoms with Gasteiger partial charge in [-0.15, -0.1) is 0 Å². The molecule has 2 N–H and O–H groups in total. The third-order valence-electron chi connectivity index (χ3n) is 4.10. The fraction of sp³-hybridized carbons (Fsp3) is 0.158. The highest BCUT2D eigenvalue weighted by Gasteiger charge is 2.32. The summed E-state index contributed by atoms with van der Waals surface area (Å²) in [5.41, 5.74) is 0.591. The molecule has 3 amide bonds. The predicted molar refractivity (Wildman–Crippen MR) is 108 cm³/mol. The second kappa shape index (κ2) is 8.75. The van der Waals surface area contributed by atoms with E-state index in [-0.39, 0.29) is 17.7 Å². The summed E-state index contributed by atoms with van der Waals surface area (Å²) in [5.74, 6) is -3.15. The number of benzene rings is 2. The van der Waals surface area contributed by atoms with Crippen molar-refractivity contribution in [3.63, 3.8) is 0 Å². The Morgan fingerprint density at radius 1 is 1.21 bits per heavy atom. The van der Waals surface area contributed by atoms with Gasteiger partial charge in [-0.1, -0.05) is 39.8 Å². The smallest absolute Gasteiger partial charge is 0.323 e. The van der Waals surface area contributed by atoms with Gasteiger partial charge in [0.2, 0.25) is 5.91 Å². The van der Waals surface area contributed by atoms with Gasteiger partial charge in [0.15, 0.2) is 0 Å². The van der Waals surface area contributed by atoms with Crippen molar-refractivity contribution in [3.8, 4) is 0 Å². The molecular formula is C19H14BrFN2O5S. The number of carboxylic acid groups (broad SMARTS) is 1. The Morgan fingerprint density at radius 2 is 1.97 bits per heavy atom. The summed E-state index contributed by atoms with van der Waals surface area (Å²) in [7, 11) is 0. The number of halogens is 2. The van der Waals surface area contributed by atoms with Crippen LogP contribution in [0.5, 0.6) is 0 Å². The number of carbonyl (C=O) groups is 4. The average Bonchev–Trinajstić information content (AvgIpc) is 2.96. The van der Waals surface area contributed by atoms with Crippen LogP contribution in [0.25, 0.3) is 0 Å². The van der Waals surface area contributed by atoms with Gasteiger partial charge in [-0.2, -0.15) is 0 Å². The van der Waals surface area contributed by atoms with Gasteiger partial charge in [0.1, 0.15) is 12.4 Å². The van der Waals surface area contributed by atoms with Crippen LogP contribution in [0.3, 0.4) is 0 Å². The minimum atomic E-state index is -1.30. The SMILES string of the molecule is O=C(O)CN(C(=O)c1cccc(CC2SC(=O)NC2=O)c1)c1ccc(Br)cc1F. The summed E-state index contributed by atoms with van der Waals surface area (Å²) >= 11 is 3.99. The van der Waals surface area contributed by atoms with E-state index in [0.29, 0.717) is 10.0 Å². The molecule has 0 aromatic heterocycles. The van der Waals surface area contributed by atoms with Crippen LogP contribution in [-0.2, 0) is 16.0 Å². The van der Waals surface area contributed by atoms with Gasteiger partial charge in [0.25, 0.3) is 11.1 Å². The lowest BCUT2D eigenvalue weighted by Gasteiger charge is -2.22. The zero-order valence-electron chi connectivity index (χ0n) is 14.7. The molecule has 2 aromatic carbocycles. The second-order valence-corrected chi connectivity index (χ2v) is 8.26. The standard InChI is InChI=1S/C19H14BrFN2O5S/c20-12-4-5-14(13(21)8-12)23(9-16(24)25)18(27)11-3-1-2-10(6-11)7-15-17(26)22-19(28)29-15/h1-6,8,15H,7,9H2,(H,24,25)(H,22,26,28). The van der Waals surface area contributed by atoms with E-state index in [0.717, 1.165) is 22.7 Å². The molecule has 1 aliphatic rings. The van der Waals surface area contributed by atoms with Crippen molar-refractivity contribution in [2.75, 3.05) is 11.4 Å². The fourth-order valence-electron chi connectivity index (χ4n) is 2.83. The Bertz CT molecular complexity index is 1020. The van der Waals surface area contributed by atoms with Crippen LogP contribution in [-0.4, -0.2) is 39.9 Å². The Morgan fingerprint density at radius 3 is 2.59 bits per heavy atom. The largest absolute Gasteiger partial charge is 0.480 e. The Kier molecular flexibility index (Phi) is 6.33. The maximum atomic E-state index is 14.4.